The Hall–Kier alpha value is -1.35. The zero-order chi connectivity index (χ0) is 12.1. The van der Waals surface area contributed by atoms with E-state index < -0.39 is 5.97 Å². The molecule has 0 amide bonds. The van der Waals surface area contributed by atoms with Crippen molar-refractivity contribution in [3.63, 3.8) is 0 Å². The van der Waals surface area contributed by atoms with Gasteiger partial charge in [0.15, 0.2) is 0 Å². The van der Waals surface area contributed by atoms with Gasteiger partial charge in [0.25, 0.3) is 0 Å². The van der Waals surface area contributed by atoms with E-state index in [1.165, 1.54) is 0 Å². The van der Waals surface area contributed by atoms with E-state index in [2.05, 4.69) is 25.3 Å². The molecule has 0 atom stereocenters. The average Bonchev–Trinajstić information content (AvgIpc) is 2.31. The van der Waals surface area contributed by atoms with Gasteiger partial charge in [0, 0.05) is 12.7 Å². The Balaban J connectivity index is 3.12. The summed E-state index contributed by atoms with van der Waals surface area (Å²) in [5.74, 6) is -0.407. The Bertz CT molecular complexity index is 231. The summed E-state index contributed by atoms with van der Waals surface area (Å²) in [7, 11) is 0. The molecule has 0 saturated heterocycles. The first-order valence-electron chi connectivity index (χ1n) is 5.44. The summed E-state index contributed by atoms with van der Waals surface area (Å²) < 4.78 is 10.0. The third-order valence-electron chi connectivity index (χ3n) is 1.77. The molecule has 0 saturated carbocycles. The fraction of sp³-hybridized carbons (Fsp3) is 0.462. The first-order valence-corrected chi connectivity index (χ1v) is 5.44. The van der Waals surface area contributed by atoms with Crippen LogP contribution in [-0.2, 0) is 14.3 Å². The molecule has 0 radical (unpaired) electrons. The zero-order valence-corrected chi connectivity index (χ0v) is 9.69. The van der Waals surface area contributed by atoms with Crippen molar-refractivity contribution >= 4 is 5.97 Å². The first-order chi connectivity index (χ1) is 7.81. The molecule has 16 heavy (non-hydrogen) atoms. The lowest BCUT2D eigenvalue weighted by Crippen LogP contribution is -2.08. The first kappa shape index (κ1) is 14.6. The van der Waals surface area contributed by atoms with Gasteiger partial charge >= 0.3 is 5.97 Å². The Labute approximate surface area is 97.4 Å². The van der Waals surface area contributed by atoms with Crippen LogP contribution in [0.25, 0.3) is 0 Å². The summed E-state index contributed by atoms with van der Waals surface area (Å²) in [5.41, 5.74) is 0. The van der Waals surface area contributed by atoms with Gasteiger partial charge in [-0.1, -0.05) is 24.8 Å². The van der Waals surface area contributed by atoms with Crippen molar-refractivity contribution in [3.05, 3.63) is 37.5 Å². The third-order valence-corrected chi connectivity index (χ3v) is 1.77. The topological polar surface area (TPSA) is 35.5 Å². The summed E-state index contributed by atoms with van der Waals surface area (Å²) >= 11 is 0. The number of hydrogen-bond donors (Lipinski definition) is 0. The molecule has 0 aromatic heterocycles. The molecule has 0 aliphatic carbocycles. The van der Waals surface area contributed by atoms with Gasteiger partial charge in [0.1, 0.15) is 6.61 Å². The van der Waals surface area contributed by atoms with E-state index in [-0.39, 0.29) is 6.61 Å². The van der Waals surface area contributed by atoms with Crippen molar-refractivity contribution in [1.82, 2.24) is 0 Å². The lowest BCUT2D eigenvalue weighted by molar-refractivity contribution is -0.139. The van der Waals surface area contributed by atoms with Gasteiger partial charge in [-0.25, -0.2) is 4.79 Å². The second-order valence-corrected chi connectivity index (χ2v) is 3.12. The molecule has 0 aromatic rings. The number of esters is 1. The molecule has 0 heterocycles. The number of allylic oxidation sites excluding steroid dienone is 3. The summed E-state index contributed by atoms with van der Waals surface area (Å²) in [6.07, 6.45) is 10.1. The molecule has 0 aromatic carbocycles. The van der Waals surface area contributed by atoms with Gasteiger partial charge in [-0.2, -0.15) is 0 Å². The normalized spacial score (nSPS) is 10.2. The molecular weight excluding hydrogens is 204 g/mol. The van der Waals surface area contributed by atoms with Crippen LogP contribution in [0.5, 0.6) is 0 Å². The smallest absolute Gasteiger partial charge is 0.330 e. The van der Waals surface area contributed by atoms with Crippen LogP contribution in [0.4, 0.5) is 0 Å². The van der Waals surface area contributed by atoms with Crippen molar-refractivity contribution < 1.29 is 14.3 Å². The minimum atomic E-state index is -0.407. The SMILES string of the molecule is C=CC/C=C\CCCOCCOC(=O)C=C. The van der Waals surface area contributed by atoms with E-state index in [1.807, 2.05) is 6.08 Å². The number of ether oxygens (including phenoxy) is 2. The molecule has 0 N–H and O–H groups in total. The van der Waals surface area contributed by atoms with E-state index in [0.29, 0.717) is 13.2 Å². The van der Waals surface area contributed by atoms with Crippen LogP contribution in [0.1, 0.15) is 19.3 Å². The number of carbonyl (C=O) groups is 1. The van der Waals surface area contributed by atoms with Crippen LogP contribution in [0.15, 0.2) is 37.5 Å². The van der Waals surface area contributed by atoms with Crippen molar-refractivity contribution in [2.75, 3.05) is 19.8 Å². The monoisotopic (exact) mass is 224 g/mol. The Morgan fingerprint density at radius 3 is 2.62 bits per heavy atom. The molecule has 0 rings (SSSR count). The van der Waals surface area contributed by atoms with E-state index in [9.17, 15) is 4.79 Å². The Morgan fingerprint density at radius 2 is 1.94 bits per heavy atom. The van der Waals surface area contributed by atoms with Gasteiger partial charge in [0.05, 0.1) is 6.61 Å². The van der Waals surface area contributed by atoms with E-state index >= 15 is 0 Å². The molecular formula is C13H20O3. The molecule has 3 heteroatoms. The predicted octanol–water partition coefficient (Wildman–Crippen LogP) is 2.64. The second-order valence-electron chi connectivity index (χ2n) is 3.12. The highest BCUT2D eigenvalue weighted by Crippen LogP contribution is 1.94. The molecule has 0 fully saturated rings. The molecule has 0 bridgehead atoms. The fourth-order valence-electron chi connectivity index (χ4n) is 0.976. The van der Waals surface area contributed by atoms with E-state index in [4.69, 9.17) is 9.47 Å². The van der Waals surface area contributed by atoms with Crippen molar-refractivity contribution in [1.29, 1.82) is 0 Å². The number of unbranched alkanes of at least 4 members (excludes halogenated alkanes) is 1. The molecule has 0 spiro atoms. The molecule has 3 nitrogen and oxygen atoms in total. The van der Waals surface area contributed by atoms with Crippen LogP contribution in [0, 0.1) is 0 Å². The Morgan fingerprint density at radius 1 is 1.12 bits per heavy atom. The van der Waals surface area contributed by atoms with Crippen LogP contribution in [-0.4, -0.2) is 25.8 Å². The maximum Gasteiger partial charge on any atom is 0.330 e. The number of rotatable bonds is 10. The van der Waals surface area contributed by atoms with Gasteiger partial charge in [-0.15, -0.1) is 6.58 Å². The second kappa shape index (κ2) is 11.7. The van der Waals surface area contributed by atoms with Crippen molar-refractivity contribution in [2.24, 2.45) is 0 Å². The summed E-state index contributed by atoms with van der Waals surface area (Å²) in [6.45, 7) is 8.33. The Kier molecular flexibility index (Phi) is 10.7. The number of hydrogen-bond acceptors (Lipinski definition) is 3. The van der Waals surface area contributed by atoms with Crippen molar-refractivity contribution in [3.8, 4) is 0 Å². The lowest BCUT2D eigenvalue weighted by atomic mass is 10.3. The highest BCUT2D eigenvalue weighted by atomic mass is 16.6. The van der Waals surface area contributed by atoms with Gasteiger partial charge < -0.3 is 9.47 Å². The van der Waals surface area contributed by atoms with Crippen LogP contribution < -0.4 is 0 Å². The quantitative estimate of drug-likeness (QED) is 0.248. The van der Waals surface area contributed by atoms with Gasteiger partial charge in [-0.3, -0.25) is 0 Å². The summed E-state index contributed by atoms with van der Waals surface area (Å²) in [4.78, 5) is 10.6. The van der Waals surface area contributed by atoms with Gasteiger partial charge in [-0.05, 0) is 19.3 Å². The van der Waals surface area contributed by atoms with Gasteiger partial charge in [0.2, 0.25) is 0 Å². The zero-order valence-electron chi connectivity index (χ0n) is 9.69. The minimum absolute atomic E-state index is 0.289. The highest BCUT2D eigenvalue weighted by Gasteiger charge is 1.94. The molecule has 0 unspecified atom stereocenters. The van der Waals surface area contributed by atoms with Crippen molar-refractivity contribution in [2.45, 2.75) is 19.3 Å². The van der Waals surface area contributed by atoms with Crippen LogP contribution in [0.2, 0.25) is 0 Å². The lowest BCUT2D eigenvalue weighted by Gasteiger charge is -2.03. The minimum Gasteiger partial charge on any atom is -0.460 e. The predicted molar refractivity (Wildman–Crippen MR) is 65.2 cm³/mol. The largest absolute Gasteiger partial charge is 0.460 e. The van der Waals surface area contributed by atoms with Crippen LogP contribution >= 0.6 is 0 Å². The van der Waals surface area contributed by atoms with E-state index in [1.54, 1.807) is 0 Å². The molecule has 90 valence electrons. The molecule has 0 aliphatic heterocycles. The fourth-order valence-corrected chi connectivity index (χ4v) is 0.976. The van der Waals surface area contributed by atoms with E-state index in [0.717, 1.165) is 25.3 Å². The third kappa shape index (κ3) is 10.7. The highest BCUT2D eigenvalue weighted by molar-refractivity contribution is 5.81. The maximum absolute atomic E-state index is 10.6. The number of carbonyl (C=O) groups excluding carboxylic acids is 1. The average molecular weight is 224 g/mol. The standard InChI is InChI=1S/C13H20O3/c1-3-5-6-7-8-9-10-15-11-12-16-13(14)4-2/h3-4,6-7H,1-2,5,8-12H2/b7-6-. The summed E-state index contributed by atoms with van der Waals surface area (Å²) in [6, 6.07) is 0. The summed E-state index contributed by atoms with van der Waals surface area (Å²) in [5, 5.41) is 0. The molecule has 0 aliphatic rings. The van der Waals surface area contributed by atoms with Crippen LogP contribution in [0.3, 0.4) is 0 Å². The maximum atomic E-state index is 10.6.